The second-order valence-electron chi connectivity index (χ2n) is 7.91. The van der Waals surface area contributed by atoms with Gasteiger partial charge in [-0.1, -0.05) is 18.2 Å². The van der Waals surface area contributed by atoms with Crippen LogP contribution in [-0.2, 0) is 6.54 Å². The molecule has 1 atom stereocenters. The van der Waals surface area contributed by atoms with E-state index >= 15 is 0 Å². The Labute approximate surface area is 179 Å². The number of rotatable bonds is 5. The van der Waals surface area contributed by atoms with Gasteiger partial charge in [-0.25, -0.2) is 4.39 Å². The average Bonchev–Trinajstić information content (AvgIpc) is 3.26. The number of methoxy groups -OCH3 is 1. The van der Waals surface area contributed by atoms with Gasteiger partial charge in [0.2, 0.25) is 5.43 Å². The molecule has 0 aliphatic carbocycles. The molecule has 0 radical (unpaired) electrons. The Kier molecular flexibility index (Phi) is 5.78. The number of aryl methyl sites for hydroxylation is 1. The third-order valence-electron chi connectivity index (χ3n) is 5.97. The number of aromatic nitrogens is 1. The molecule has 31 heavy (non-hydrogen) atoms. The maximum Gasteiger partial charge on any atom is 0.259 e. The van der Waals surface area contributed by atoms with E-state index in [1.54, 1.807) is 29.6 Å². The maximum atomic E-state index is 14.9. The number of likely N-dealkylation sites (tertiary alicyclic amines) is 1. The van der Waals surface area contributed by atoms with Crippen LogP contribution in [0, 0.1) is 12.7 Å². The maximum absolute atomic E-state index is 14.9. The van der Waals surface area contributed by atoms with Crippen molar-refractivity contribution in [1.29, 1.82) is 0 Å². The highest BCUT2D eigenvalue weighted by Gasteiger charge is 2.31. The first-order valence-electron chi connectivity index (χ1n) is 10.3. The van der Waals surface area contributed by atoms with E-state index < -0.39 is 17.2 Å². The Balaban J connectivity index is 1.87. The minimum Gasteiger partial charge on any atom is -0.497 e. The lowest BCUT2D eigenvalue weighted by molar-refractivity contribution is 0.0675. The highest BCUT2D eigenvalue weighted by molar-refractivity contribution is 5.98. The second kappa shape index (κ2) is 8.51. The second-order valence-corrected chi connectivity index (χ2v) is 7.91. The van der Waals surface area contributed by atoms with E-state index in [4.69, 9.17) is 4.74 Å². The summed E-state index contributed by atoms with van der Waals surface area (Å²) in [6.45, 7) is 2.36. The molecule has 4 rings (SSSR count). The van der Waals surface area contributed by atoms with Gasteiger partial charge in [0.25, 0.3) is 5.91 Å². The number of aliphatic hydroxyl groups excluding tert-OH is 1. The van der Waals surface area contributed by atoms with Gasteiger partial charge in [0, 0.05) is 19.3 Å². The van der Waals surface area contributed by atoms with Gasteiger partial charge in [-0.3, -0.25) is 9.59 Å². The topological polar surface area (TPSA) is 71.8 Å². The number of nitrogens with zero attached hydrogens (tertiary/aromatic N) is 2. The van der Waals surface area contributed by atoms with Gasteiger partial charge in [-0.05, 0) is 49.1 Å². The zero-order valence-corrected chi connectivity index (χ0v) is 17.6. The molecule has 0 bridgehead atoms. The number of hydrogen-bond acceptors (Lipinski definition) is 4. The van der Waals surface area contributed by atoms with Crippen LogP contribution in [0.15, 0.2) is 47.4 Å². The van der Waals surface area contributed by atoms with E-state index in [2.05, 4.69) is 0 Å². The molecule has 1 unspecified atom stereocenters. The van der Waals surface area contributed by atoms with Gasteiger partial charge in [0.15, 0.2) is 0 Å². The Morgan fingerprint density at radius 1 is 1.23 bits per heavy atom. The van der Waals surface area contributed by atoms with Crippen molar-refractivity contribution in [1.82, 2.24) is 9.47 Å². The van der Waals surface area contributed by atoms with Crippen LogP contribution in [0.2, 0.25) is 0 Å². The third-order valence-corrected chi connectivity index (χ3v) is 5.97. The van der Waals surface area contributed by atoms with Gasteiger partial charge >= 0.3 is 0 Å². The van der Waals surface area contributed by atoms with Crippen LogP contribution in [0.4, 0.5) is 4.39 Å². The molecule has 3 aromatic rings. The number of benzene rings is 2. The first-order valence-corrected chi connectivity index (χ1v) is 10.3. The smallest absolute Gasteiger partial charge is 0.259 e. The quantitative estimate of drug-likeness (QED) is 0.683. The van der Waals surface area contributed by atoms with E-state index in [0.29, 0.717) is 24.3 Å². The number of fused-ring (bicyclic) bond motifs is 1. The SMILES string of the molecule is COc1ccc(Cn2cc(C(=O)N3CCCC3CO)c(=O)c3c(C)ccc(F)c32)cc1. The molecule has 1 aromatic heterocycles. The predicted octanol–water partition coefficient (Wildman–Crippen LogP) is 3.10. The van der Waals surface area contributed by atoms with Crippen molar-refractivity contribution in [3.63, 3.8) is 0 Å². The van der Waals surface area contributed by atoms with Crippen LogP contribution >= 0.6 is 0 Å². The van der Waals surface area contributed by atoms with Crippen molar-refractivity contribution in [3.05, 3.63) is 75.3 Å². The summed E-state index contributed by atoms with van der Waals surface area (Å²) in [7, 11) is 1.58. The van der Waals surface area contributed by atoms with Crippen molar-refractivity contribution in [2.24, 2.45) is 0 Å². The fourth-order valence-electron chi connectivity index (χ4n) is 4.30. The summed E-state index contributed by atoms with van der Waals surface area (Å²) in [6, 6.07) is 9.93. The number of aliphatic hydroxyl groups is 1. The zero-order chi connectivity index (χ0) is 22.1. The largest absolute Gasteiger partial charge is 0.497 e. The van der Waals surface area contributed by atoms with Crippen LogP contribution < -0.4 is 10.2 Å². The van der Waals surface area contributed by atoms with E-state index in [-0.39, 0.29) is 35.7 Å². The van der Waals surface area contributed by atoms with E-state index in [1.165, 1.54) is 12.3 Å². The standard InChI is InChI=1S/C24H25FN2O4/c1-15-5-10-20(25)22-21(15)23(29)19(24(30)27-11-3-4-17(27)14-28)13-26(22)12-16-6-8-18(31-2)9-7-16/h5-10,13,17,28H,3-4,11-12,14H2,1-2H3. The Bertz CT molecular complexity index is 1190. The Morgan fingerprint density at radius 2 is 1.97 bits per heavy atom. The minimum atomic E-state index is -0.514. The van der Waals surface area contributed by atoms with Crippen LogP contribution in [0.25, 0.3) is 10.9 Å². The van der Waals surface area contributed by atoms with Crippen molar-refractivity contribution < 1.29 is 19.0 Å². The van der Waals surface area contributed by atoms with E-state index in [1.807, 2.05) is 24.3 Å². The number of halogens is 1. The summed E-state index contributed by atoms with van der Waals surface area (Å²) < 4.78 is 21.7. The molecular formula is C24H25FN2O4. The molecule has 1 N–H and O–H groups in total. The van der Waals surface area contributed by atoms with Crippen molar-refractivity contribution in [2.45, 2.75) is 32.4 Å². The molecule has 1 fully saturated rings. The van der Waals surface area contributed by atoms with E-state index in [0.717, 1.165) is 12.0 Å². The molecule has 162 valence electrons. The molecule has 1 aliphatic heterocycles. The molecule has 7 heteroatoms. The van der Waals surface area contributed by atoms with Gasteiger partial charge in [-0.2, -0.15) is 0 Å². The normalized spacial score (nSPS) is 16.1. The zero-order valence-electron chi connectivity index (χ0n) is 17.6. The van der Waals surface area contributed by atoms with Crippen LogP contribution in [-0.4, -0.2) is 46.8 Å². The molecular weight excluding hydrogens is 399 g/mol. The lowest BCUT2D eigenvalue weighted by Gasteiger charge is -2.24. The Hall–Kier alpha value is -3.19. The molecule has 2 aromatic carbocycles. The van der Waals surface area contributed by atoms with E-state index in [9.17, 15) is 19.1 Å². The predicted molar refractivity (Wildman–Crippen MR) is 116 cm³/mol. The molecule has 2 heterocycles. The lowest BCUT2D eigenvalue weighted by atomic mass is 10.0. The molecule has 0 spiro atoms. The third kappa shape index (κ3) is 3.81. The van der Waals surface area contributed by atoms with Crippen LogP contribution in [0.3, 0.4) is 0 Å². The van der Waals surface area contributed by atoms with Gasteiger partial charge < -0.3 is 19.3 Å². The summed E-state index contributed by atoms with van der Waals surface area (Å²) in [6.07, 6.45) is 2.92. The summed E-state index contributed by atoms with van der Waals surface area (Å²) >= 11 is 0. The minimum absolute atomic E-state index is 0.00457. The number of carbonyl (C=O) groups excluding carboxylic acids is 1. The number of ether oxygens (including phenoxy) is 1. The van der Waals surface area contributed by atoms with Crippen molar-refractivity contribution >= 4 is 16.8 Å². The van der Waals surface area contributed by atoms with Gasteiger partial charge in [-0.15, -0.1) is 0 Å². The summed E-state index contributed by atoms with van der Waals surface area (Å²) in [5.74, 6) is -0.231. The lowest BCUT2D eigenvalue weighted by Crippen LogP contribution is -2.40. The molecule has 0 saturated carbocycles. The first kappa shape index (κ1) is 21.1. The molecule has 6 nitrogen and oxygen atoms in total. The fraction of sp³-hybridized carbons (Fsp3) is 0.333. The molecule has 1 amide bonds. The monoisotopic (exact) mass is 424 g/mol. The fourth-order valence-corrected chi connectivity index (χ4v) is 4.30. The summed E-state index contributed by atoms with van der Waals surface area (Å²) in [5, 5.41) is 9.82. The van der Waals surface area contributed by atoms with Gasteiger partial charge in [0.1, 0.15) is 17.1 Å². The average molecular weight is 424 g/mol. The molecule has 1 saturated heterocycles. The number of amides is 1. The summed E-state index contributed by atoms with van der Waals surface area (Å²) in [4.78, 5) is 28.1. The number of hydrogen-bond donors (Lipinski definition) is 1. The number of pyridine rings is 1. The highest BCUT2D eigenvalue weighted by atomic mass is 19.1. The number of carbonyl (C=O) groups is 1. The van der Waals surface area contributed by atoms with Crippen molar-refractivity contribution in [2.75, 3.05) is 20.3 Å². The highest BCUT2D eigenvalue weighted by Crippen LogP contribution is 2.24. The summed E-state index contributed by atoms with van der Waals surface area (Å²) in [5.41, 5.74) is 1.18. The van der Waals surface area contributed by atoms with Crippen LogP contribution in [0.1, 0.15) is 34.3 Å². The Morgan fingerprint density at radius 3 is 2.65 bits per heavy atom. The van der Waals surface area contributed by atoms with Crippen molar-refractivity contribution in [3.8, 4) is 5.75 Å². The van der Waals surface area contributed by atoms with Crippen LogP contribution in [0.5, 0.6) is 5.75 Å². The first-order chi connectivity index (χ1) is 14.9. The van der Waals surface area contributed by atoms with Gasteiger partial charge in [0.05, 0.1) is 30.7 Å². The molecule has 1 aliphatic rings.